The minimum absolute atomic E-state index is 0.158. The Labute approximate surface area is 210 Å². The van der Waals surface area contributed by atoms with Gasteiger partial charge >= 0.3 is 5.97 Å². The number of ether oxygens (including phenoxy) is 2. The van der Waals surface area contributed by atoms with E-state index in [1.807, 2.05) is 62.1 Å². The molecule has 2 aromatic rings. The van der Waals surface area contributed by atoms with Crippen molar-refractivity contribution in [2.45, 2.75) is 51.7 Å². The van der Waals surface area contributed by atoms with E-state index in [9.17, 15) is 19.2 Å². The van der Waals surface area contributed by atoms with E-state index < -0.39 is 35.5 Å². The molecule has 2 unspecified atom stereocenters. The molecule has 0 spiro atoms. The molecule has 0 bridgehead atoms. The van der Waals surface area contributed by atoms with E-state index in [0.29, 0.717) is 24.3 Å². The number of carbonyl (C=O) groups is 4. The molecular weight excluding hydrogens is 462 g/mol. The zero-order valence-electron chi connectivity index (χ0n) is 21.0. The Morgan fingerprint density at radius 3 is 2.36 bits per heavy atom. The monoisotopic (exact) mass is 495 g/mol. The van der Waals surface area contributed by atoms with Gasteiger partial charge in [-0.15, -0.1) is 0 Å². The van der Waals surface area contributed by atoms with Gasteiger partial charge in [0.2, 0.25) is 5.78 Å². The molecule has 0 saturated carbocycles. The number of rotatable bonds is 11. The number of amides is 2. The first-order valence-electron chi connectivity index (χ1n) is 11.9. The van der Waals surface area contributed by atoms with Gasteiger partial charge in [0, 0.05) is 23.8 Å². The summed E-state index contributed by atoms with van der Waals surface area (Å²) in [6.07, 6.45) is 0.417. The lowest BCUT2D eigenvalue weighted by molar-refractivity contribution is -0.145. The number of nitrogens with two attached hydrogens (primary N) is 1. The number of Topliss-reactive ketones (excluding diaryl/α,β-unsaturated/α-hetero) is 1. The van der Waals surface area contributed by atoms with Crippen LogP contribution in [0.25, 0.3) is 0 Å². The van der Waals surface area contributed by atoms with Gasteiger partial charge in [0.15, 0.2) is 6.61 Å². The maximum Gasteiger partial charge on any atom is 0.328 e. The quantitative estimate of drug-likeness (QED) is 0.362. The first kappa shape index (κ1) is 26.7. The van der Waals surface area contributed by atoms with Crippen molar-refractivity contribution in [1.82, 2.24) is 5.32 Å². The van der Waals surface area contributed by atoms with Gasteiger partial charge in [-0.05, 0) is 37.0 Å². The molecule has 36 heavy (non-hydrogen) atoms. The second-order valence-corrected chi connectivity index (χ2v) is 9.31. The molecule has 0 fully saturated rings. The number of hydrogen-bond donors (Lipinski definition) is 2. The number of anilines is 1. The summed E-state index contributed by atoms with van der Waals surface area (Å²) in [4.78, 5) is 51.5. The molecule has 0 saturated heterocycles. The number of esters is 1. The second kappa shape index (κ2) is 11.7. The molecular formula is C27H33N3O6. The number of fused-ring (bicyclic) bond motifs is 1. The maximum atomic E-state index is 12.9. The van der Waals surface area contributed by atoms with Crippen molar-refractivity contribution in [3.05, 3.63) is 59.7 Å². The summed E-state index contributed by atoms with van der Waals surface area (Å²) in [5, 5.41) is 2.65. The summed E-state index contributed by atoms with van der Waals surface area (Å²) in [6, 6.07) is 13.9. The summed E-state index contributed by atoms with van der Waals surface area (Å²) in [7, 11) is 1.27. The van der Waals surface area contributed by atoms with Crippen LogP contribution in [0.2, 0.25) is 0 Å². The third-order valence-corrected chi connectivity index (χ3v) is 6.25. The fourth-order valence-corrected chi connectivity index (χ4v) is 4.58. The van der Waals surface area contributed by atoms with Gasteiger partial charge in [-0.1, -0.05) is 50.2 Å². The molecule has 2 amide bonds. The van der Waals surface area contributed by atoms with Crippen LogP contribution in [0.4, 0.5) is 5.69 Å². The van der Waals surface area contributed by atoms with E-state index in [4.69, 9.17) is 15.2 Å². The van der Waals surface area contributed by atoms with Crippen LogP contribution in [0.1, 0.15) is 44.2 Å². The molecule has 1 aliphatic heterocycles. The normalized spacial score (nSPS) is 17.3. The topological polar surface area (TPSA) is 128 Å². The zero-order chi connectivity index (χ0) is 26.4. The maximum absolute atomic E-state index is 12.9. The molecule has 192 valence electrons. The lowest BCUT2D eigenvalue weighted by Gasteiger charge is -2.26. The van der Waals surface area contributed by atoms with Crippen LogP contribution >= 0.6 is 0 Å². The third-order valence-electron chi connectivity index (χ3n) is 6.25. The molecule has 9 heteroatoms. The van der Waals surface area contributed by atoms with Gasteiger partial charge in [0.1, 0.15) is 11.8 Å². The largest absolute Gasteiger partial charge is 0.483 e. The predicted molar refractivity (Wildman–Crippen MR) is 134 cm³/mol. The van der Waals surface area contributed by atoms with Crippen LogP contribution in [0.3, 0.4) is 0 Å². The lowest BCUT2D eigenvalue weighted by Crippen LogP contribution is -2.44. The van der Waals surface area contributed by atoms with Gasteiger partial charge in [-0.3, -0.25) is 14.4 Å². The van der Waals surface area contributed by atoms with Crippen molar-refractivity contribution in [3.63, 3.8) is 0 Å². The van der Waals surface area contributed by atoms with Gasteiger partial charge in [-0.25, -0.2) is 4.79 Å². The van der Waals surface area contributed by atoms with Crippen molar-refractivity contribution in [2.75, 3.05) is 18.6 Å². The summed E-state index contributed by atoms with van der Waals surface area (Å²) < 4.78 is 10.6. The predicted octanol–water partition coefficient (Wildman–Crippen LogP) is 2.32. The molecule has 0 aromatic heterocycles. The number of carbonyl (C=O) groups excluding carboxylic acids is 4. The Kier molecular flexibility index (Phi) is 8.68. The SMILES string of the molecule is COC(=O)[C@H](CC(C)C)NC(=O)COc1cccc2c1C(C(=O)C(N)=O)C(C)N2Cc1ccccc1. The summed E-state index contributed by atoms with van der Waals surface area (Å²) in [5.74, 6) is -3.16. The van der Waals surface area contributed by atoms with Crippen LogP contribution in [0.15, 0.2) is 48.5 Å². The average molecular weight is 496 g/mol. The van der Waals surface area contributed by atoms with Crippen molar-refractivity contribution in [2.24, 2.45) is 11.7 Å². The highest BCUT2D eigenvalue weighted by Crippen LogP contribution is 2.47. The minimum Gasteiger partial charge on any atom is -0.483 e. The van der Waals surface area contributed by atoms with Crippen molar-refractivity contribution in [3.8, 4) is 5.75 Å². The molecule has 3 atom stereocenters. The van der Waals surface area contributed by atoms with Crippen LogP contribution in [-0.4, -0.2) is 49.4 Å². The minimum atomic E-state index is -1.03. The number of nitrogens with one attached hydrogen (secondary N) is 1. The summed E-state index contributed by atoms with van der Waals surface area (Å²) in [5.41, 5.74) is 7.67. The van der Waals surface area contributed by atoms with Crippen molar-refractivity contribution < 1.29 is 28.7 Å². The van der Waals surface area contributed by atoms with Crippen LogP contribution in [0, 0.1) is 5.92 Å². The lowest BCUT2D eigenvalue weighted by atomic mass is 9.90. The van der Waals surface area contributed by atoms with Gasteiger partial charge in [-0.2, -0.15) is 0 Å². The molecule has 1 aliphatic rings. The number of hydrogen-bond acceptors (Lipinski definition) is 7. The fraction of sp³-hybridized carbons (Fsp3) is 0.407. The average Bonchev–Trinajstić information content (AvgIpc) is 3.13. The van der Waals surface area contributed by atoms with Gasteiger partial charge < -0.3 is 25.4 Å². The number of benzene rings is 2. The van der Waals surface area contributed by atoms with E-state index in [1.54, 1.807) is 12.1 Å². The highest BCUT2D eigenvalue weighted by Gasteiger charge is 2.43. The van der Waals surface area contributed by atoms with E-state index in [0.717, 1.165) is 11.3 Å². The number of methoxy groups -OCH3 is 1. The molecule has 2 aromatic carbocycles. The second-order valence-electron chi connectivity index (χ2n) is 9.31. The summed E-state index contributed by atoms with van der Waals surface area (Å²) in [6.45, 7) is 5.86. The van der Waals surface area contributed by atoms with Crippen molar-refractivity contribution >= 4 is 29.3 Å². The Morgan fingerprint density at radius 1 is 1.06 bits per heavy atom. The van der Waals surface area contributed by atoms with Crippen LogP contribution in [0.5, 0.6) is 5.75 Å². The standard InChI is InChI=1S/C27H33N3O6/c1-16(2)13-19(27(34)35-4)29-22(31)15-36-21-12-8-11-20-24(21)23(25(32)26(28)33)17(3)30(20)14-18-9-6-5-7-10-18/h5-12,16-17,19,23H,13-15H2,1-4H3,(H2,28,33)(H,29,31)/t17?,19-,23?/m0/s1. The number of nitrogens with zero attached hydrogens (tertiary/aromatic N) is 1. The van der Waals surface area contributed by atoms with Gasteiger partial charge in [0.25, 0.3) is 11.8 Å². The highest BCUT2D eigenvalue weighted by atomic mass is 16.5. The molecule has 3 N–H and O–H groups in total. The molecule has 3 rings (SSSR count). The Bertz CT molecular complexity index is 1120. The number of primary amides is 1. The first-order valence-corrected chi connectivity index (χ1v) is 11.9. The molecule has 0 radical (unpaired) electrons. The van der Waals surface area contributed by atoms with E-state index in [1.165, 1.54) is 7.11 Å². The highest BCUT2D eigenvalue weighted by molar-refractivity contribution is 6.38. The van der Waals surface area contributed by atoms with Crippen LogP contribution < -0.4 is 20.7 Å². The number of ketones is 1. The van der Waals surface area contributed by atoms with E-state index >= 15 is 0 Å². The molecule has 1 heterocycles. The fourth-order valence-electron chi connectivity index (χ4n) is 4.58. The van der Waals surface area contributed by atoms with E-state index in [2.05, 4.69) is 5.32 Å². The summed E-state index contributed by atoms with van der Waals surface area (Å²) >= 11 is 0. The zero-order valence-corrected chi connectivity index (χ0v) is 21.0. The Balaban J connectivity index is 1.86. The smallest absolute Gasteiger partial charge is 0.328 e. The van der Waals surface area contributed by atoms with Gasteiger partial charge in [0.05, 0.1) is 13.0 Å². The van der Waals surface area contributed by atoms with Crippen LogP contribution in [-0.2, 0) is 30.5 Å². The third kappa shape index (κ3) is 6.02. The first-order chi connectivity index (χ1) is 17.1. The molecule has 0 aliphatic carbocycles. The van der Waals surface area contributed by atoms with E-state index in [-0.39, 0.29) is 18.6 Å². The Morgan fingerprint density at radius 2 is 1.75 bits per heavy atom. The Hall–Kier alpha value is -3.88. The molecule has 9 nitrogen and oxygen atoms in total. The van der Waals surface area contributed by atoms with Crippen molar-refractivity contribution in [1.29, 1.82) is 0 Å².